The highest BCUT2D eigenvalue weighted by Crippen LogP contribution is 2.21. The average molecular weight is 406 g/mol. The number of hydrogen-bond acceptors (Lipinski definition) is 5. The van der Waals surface area contributed by atoms with E-state index in [0.29, 0.717) is 28.3 Å². The number of nitrogens with zero attached hydrogens (tertiary/aromatic N) is 4. The van der Waals surface area contributed by atoms with Gasteiger partial charge in [0.1, 0.15) is 5.69 Å². The Kier molecular flexibility index (Phi) is 5.13. The Balaban J connectivity index is 2.19. The van der Waals surface area contributed by atoms with Crippen molar-refractivity contribution in [3.05, 3.63) is 53.1 Å². The van der Waals surface area contributed by atoms with E-state index < -0.39 is 15.9 Å². The van der Waals surface area contributed by atoms with Gasteiger partial charge in [-0.05, 0) is 38.1 Å². The molecule has 2 heterocycles. The molecular formula is C17H19N5O3S2. The highest BCUT2D eigenvalue weighted by Gasteiger charge is 2.15. The summed E-state index contributed by atoms with van der Waals surface area (Å²) in [5.41, 5.74) is 1.89. The van der Waals surface area contributed by atoms with Crippen LogP contribution in [0.4, 0.5) is 0 Å². The third-order valence-corrected chi connectivity index (χ3v) is 5.86. The molecule has 1 amide bonds. The first-order chi connectivity index (χ1) is 12.7. The molecule has 2 aromatic heterocycles. The van der Waals surface area contributed by atoms with Crippen LogP contribution < -0.4 is 9.94 Å². The van der Waals surface area contributed by atoms with E-state index in [1.54, 1.807) is 27.5 Å². The summed E-state index contributed by atoms with van der Waals surface area (Å²) >= 11 is 1.22. The smallest absolute Gasteiger partial charge is 0.297 e. The molecule has 0 unspecified atom stereocenters. The highest BCUT2D eigenvalue weighted by molar-refractivity contribution is 7.89. The summed E-state index contributed by atoms with van der Waals surface area (Å²) in [4.78, 5) is 17.4. The summed E-state index contributed by atoms with van der Waals surface area (Å²) in [6.07, 6.45) is 1.68. The maximum absolute atomic E-state index is 12.7. The van der Waals surface area contributed by atoms with Crippen LogP contribution in [-0.2, 0) is 23.1 Å². The summed E-state index contributed by atoms with van der Waals surface area (Å²) in [7, 11) is -3.81. The number of allylic oxidation sites excluding steroid dienone is 1. The number of amides is 1. The van der Waals surface area contributed by atoms with E-state index in [9.17, 15) is 13.2 Å². The Hall–Kier alpha value is -2.56. The number of benzene rings is 1. The molecule has 27 heavy (non-hydrogen) atoms. The zero-order chi connectivity index (χ0) is 19.8. The fourth-order valence-corrected chi connectivity index (χ4v) is 4.42. The van der Waals surface area contributed by atoms with E-state index in [1.165, 1.54) is 23.5 Å². The monoisotopic (exact) mass is 405 g/mol. The zero-order valence-electron chi connectivity index (χ0n) is 14.9. The van der Waals surface area contributed by atoms with Gasteiger partial charge in [0.25, 0.3) is 5.91 Å². The van der Waals surface area contributed by atoms with Crippen LogP contribution in [0.2, 0.25) is 0 Å². The molecule has 2 N–H and O–H groups in total. The Morgan fingerprint density at radius 1 is 1.41 bits per heavy atom. The third-order valence-electron chi connectivity index (χ3n) is 3.91. The molecule has 142 valence electrons. The van der Waals surface area contributed by atoms with Crippen LogP contribution in [0.1, 0.15) is 23.1 Å². The van der Waals surface area contributed by atoms with Gasteiger partial charge in [-0.25, -0.2) is 13.6 Å². The molecule has 0 saturated carbocycles. The molecule has 0 atom stereocenters. The lowest BCUT2D eigenvalue weighted by atomic mass is 10.3. The first-order valence-electron chi connectivity index (χ1n) is 8.15. The standard InChI is InChI=1S/C17H19N5O3S2/c1-4-8-21-13-7-6-12(27(18,24)25)10-15(13)26-17(21)19-16(23)14-9-11(3)20-22(14)5-2/h4,6-7,9-10H,1,5,8H2,2-3H3,(H2,18,24,25). The minimum absolute atomic E-state index is 0.0135. The number of aromatic nitrogens is 3. The second kappa shape index (κ2) is 7.22. The molecule has 0 aliphatic carbocycles. The van der Waals surface area contributed by atoms with Gasteiger partial charge in [-0.15, -0.1) is 6.58 Å². The molecule has 0 spiro atoms. The van der Waals surface area contributed by atoms with Crippen molar-refractivity contribution in [3.8, 4) is 0 Å². The maximum atomic E-state index is 12.7. The number of primary sulfonamides is 1. The van der Waals surface area contributed by atoms with Crippen molar-refractivity contribution in [2.24, 2.45) is 10.1 Å². The van der Waals surface area contributed by atoms with Gasteiger partial charge in [0.05, 0.1) is 20.8 Å². The normalized spacial score (nSPS) is 12.6. The number of hydrogen-bond donors (Lipinski definition) is 1. The van der Waals surface area contributed by atoms with Gasteiger partial charge in [-0.3, -0.25) is 9.48 Å². The lowest BCUT2D eigenvalue weighted by molar-refractivity contribution is 0.0987. The molecule has 3 aromatic rings. The molecular weight excluding hydrogens is 386 g/mol. The van der Waals surface area contributed by atoms with E-state index in [2.05, 4.69) is 16.7 Å². The minimum atomic E-state index is -3.81. The fraction of sp³-hybridized carbons (Fsp3) is 0.235. The van der Waals surface area contributed by atoms with Crippen LogP contribution in [-0.4, -0.2) is 28.7 Å². The van der Waals surface area contributed by atoms with Gasteiger partial charge in [-0.2, -0.15) is 10.1 Å². The van der Waals surface area contributed by atoms with E-state index in [-0.39, 0.29) is 4.90 Å². The Bertz CT molecular complexity index is 1220. The molecule has 0 aliphatic rings. The SMILES string of the molecule is C=CCn1c(=NC(=O)c2cc(C)nn2CC)sc2cc(S(N)(=O)=O)ccc21. The lowest BCUT2D eigenvalue weighted by Crippen LogP contribution is -2.17. The predicted molar refractivity (Wildman–Crippen MR) is 104 cm³/mol. The van der Waals surface area contributed by atoms with Crippen molar-refractivity contribution < 1.29 is 13.2 Å². The molecule has 0 saturated heterocycles. The minimum Gasteiger partial charge on any atom is -0.312 e. The van der Waals surface area contributed by atoms with E-state index in [0.717, 1.165) is 11.2 Å². The van der Waals surface area contributed by atoms with Gasteiger partial charge in [0, 0.05) is 13.1 Å². The summed E-state index contributed by atoms with van der Waals surface area (Å²) in [6.45, 7) is 8.43. The van der Waals surface area contributed by atoms with Crippen molar-refractivity contribution in [2.45, 2.75) is 31.8 Å². The lowest BCUT2D eigenvalue weighted by Gasteiger charge is -2.02. The summed E-state index contributed by atoms with van der Waals surface area (Å²) < 4.78 is 27.3. The van der Waals surface area contributed by atoms with E-state index in [1.807, 2.05) is 13.8 Å². The van der Waals surface area contributed by atoms with Crippen molar-refractivity contribution in [1.29, 1.82) is 0 Å². The topological polar surface area (TPSA) is 112 Å². The summed E-state index contributed by atoms with van der Waals surface area (Å²) in [5, 5.41) is 9.48. The largest absolute Gasteiger partial charge is 0.312 e. The molecule has 8 nitrogen and oxygen atoms in total. The fourth-order valence-electron chi connectivity index (χ4n) is 2.72. The molecule has 3 rings (SSSR count). The Morgan fingerprint density at radius 3 is 2.78 bits per heavy atom. The average Bonchev–Trinajstić information content (AvgIpc) is 3.14. The number of rotatable bonds is 5. The maximum Gasteiger partial charge on any atom is 0.297 e. The van der Waals surface area contributed by atoms with Gasteiger partial charge in [0.2, 0.25) is 10.0 Å². The van der Waals surface area contributed by atoms with Gasteiger partial charge < -0.3 is 4.57 Å². The molecule has 0 radical (unpaired) electrons. The second-order valence-electron chi connectivity index (χ2n) is 5.86. The predicted octanol–water partition coefficient (Wildman–Crippen LogP) is 1.80. The quantitative estimate of drug-likeness (QED) is 0.652. The number of fused-ring (bicyclic) bond motifs is 1. The Labute approximate surface area is 160 Å². The molecule has 1 aromatic carbocycles. The first-order valence-corrected chi connectivity index (χ1v) is 10.5. The number of carbonyl (C=O) groups excluding carboxylic acids is 1. The van der Waals surface area contributed by atoms with Crippen LogP contribution in [0.3, 0.4) is 0 Å². The van der Waals surface area contributed by atoms with Gasteiger partial charge in [0.15, 0.2) is 4.80 Å². The number of thiazole rings is 1. The van der Waals surface area contributed by atoms with Crippen LogP contribution >= 0.6 is 11.3 Å². The van der Waals surface area contributed by atoms with Crippen LogP contribution in [0.25, 0.3) is 10.2 Å². The molecule has 10 heteroatoms. The molecule has 0 aliphatic heterocycles. The number of carbonyl (C=O) groups is 1. The third kappa shape index (κ3) is 3.77. The van der Waals surface area contributed by atoms with Crippen LogP contribution in [0.15, 0.2) is 46.8 Å². The van der Waals surface area contributed by atoms with Gasteiger partial charge in [-0.1, -0.05) is 17.4 Å². The van der Waals surface area contributed by atoms with Crippen molar-refractivity contribution in [2.75, 3.05) is 0 Å². The first kappa shape index (κ1) is 19.2. The van der Waals surface area contributed by atoms with Crippen LogP contribution in [0, 0.1) is 6.92 Å². The van der Waals surface area contributed by atoms with E-state index in [4.69, 9.17) is 5.14 Å². The second-order valence-corrected chi connectivity index (χ2v) is 8.43. The van der Waals surface area contributed by atoms with Crippen molar-refractivity contribution >= 4 is 37.5 Å². The van der Waals surface area contributed by atoms with Crippen molar-refractivity contribution in [1.82, 2.24) is 14.3 Å². The molecule has 0 fully saturated rings. The molecule has 0 bridgehead atoms. The Morgan fingerprint density at radius 2 is 2.15 bits per heavy atom. The number of nitrogens with two attached hydrogens (primary N) is 1. The van der Waals surface area contributed by atoms with Gasteiger partial charge >= 0.3 is 0 Å². The highest BCUT2D eigenvalue weighted by atomic mass is 32.2. The zero-order valence-corrected chi connectivity index (χ0v) is 16.5. The number of sulfonamides is 1. The number of aryl methyl sites for hydroxylation is 2. The van der Waals surface area contributed by atoms with Crippen molar-refractivity contribution in [3.63, 3.8) is 0 Å². The summed E-state index contributed by atoms with van der Waals surface area (Å²) in [6, 6.07) is 6.27. The summed E-state index contributed by atoms with van der Waals surface area (Å²) in [5.74, 6) is -0.409. The van der Waals surface area contributed by atoms with E-state index >= 15 is 0 Å². The van der Waals surface area contributed by atoms with Crippen LogP contribution in [0.5, 0.6) is 0 Å².